The average molecular weight is 232 g/mol. The minimum atomic E-state index is 0.156. The van der Waals surface area contributed by atoms with Crippen LogP contribution in [0.2, 0.25) is 0 Å². The second-order valence-corrected chi connectivity index (χ2v) is 4.84. The maximum absolute atomic E-state index is 11.7. The van der Waals surface area contributed by atoms with Gasteiger partial charge in [-0.1, -0.05) is 24.6 Å². The predicted molar refractivity (Wildman–Crippen MR) is 70.3 cm³/mol. The molecule has 0 bridgehead atoms. The van der Waals surface area contributed by atoms with Gasteiger partial charge in [-0.05, 0) is 50.0 Å². The van der Waals surface area contributed by atoms with E-state index < -0.39 is 0 Å². The molecule has 0 radical (unpaired) electrons. The third-order valence-electron chi connectivity index (χ3n) is 2.75. The van der Waals surface area contributed by atoms with E-state index in [0.29, 0.717) is 12.2 Å². The van der Waals surface area contributed by atoms with E-state index in [2.05, 4.69) is 0 Å². The Morgan fingerprint density at radius 3 is 2.59 bits per heavy atom. The Kier molecular flexibility index (Phi) is 4.50. The van der Waals surface area contributed by atoms with E-state index >= 15 is 0 Å². The topological polar surface area (TPSA) is 37.3 Å². The standard InChI is InChI=1S/C15H20O2/c1-10(2)7-14(16)9-11(3)13-5-6-15(17)12(4)8-13/h5-8,11,17H,9H2,1-4H3. The molecule has 2 heteroatoms. The van der Waals surface area contributed by atoms with Gasteiger partial charge in [0.05, 0.1) is 0 Å². The molecular weight excluding hydrogens is 212 g/mol. The largest absolute Gasteiger partial charge is 0.508 e. The van der Waals surface area contributed by atoms with Crippen molar-refractivity contribution in [2.45, 2.75) is 40.0 Å². The van der Waals surface area contributed by atoms with Crippen LogP contribution in [-0.4, -0.2) is 10.9 Å². The third kappa shape index (κ3) is 4.06. The van der Waals surface area contributed by atoms with E-state index in [1.165, 1.54) is 0 Å². The van der Waals surface area contributed by atoms with E-state index in [0.717, 1.165) is 16.7 Å². The van der Waals surface area contributed by atoms with Crippen molar-refractivity contribution < 1.29 is 9.90 Å². The zero-order valence-corrected chi connectivity index (χ0v) is 10.9. The van der Waals surface area contributed by atoms with Crippen LogP contribution in [0, 0.1) is 6.92 Å². The molecule has 0 saturated heterocycles. The lowest BCUT2D eigenvalue weighted by Gasteiger charge is -2.11. The molecule has 2 nitrogen and oxygen atoms in total. The summed E-state index contributed by atoms with van der Waals surface area (Å²) in [6, 6.07) is 5.51. The van der Waals surface area contributed by atoms with Gasteiger partial charge in [-0.3, -0.25) is 4.79 Å². The molecule has 1 unspecified atom stereocenters. The Labute approximate surface area is 103 Å². The highest BCUT2D eigenvalue weighted by molar-refractivity contribution is 5.90. The zero-order valence-electron chi connectivity index (χ0n) is 10.9. The molecule has 0 aromatic heterocycles. The van der Waals surface area contributed by atoms with Crippen LogP contribution in [0.15, 0.2) is 29.8 Å². The molecule has 0 saturated carbocycles. The first-order chi connectivity index (χ1) is 7.90. The molecule has 0 aliphatic heterocycles. The maximum atomic E-state index is 11.7. The summed E-state index contributed by atoms with van der Waals surface area (Å²) in [5.41, 5.74) is 2.98. The highest BCUT2D eigenvalue weighted by atomic mass is 16.3. The van der Waals surface area contributed by atoms with Crippen molar-refractivity contribution in [1.82, 2.24) is 0 Å². The number of aromatic hydroxyl groups is 1. The molecule has 0 aliphatic rings. The number of hydrogen-bond donors (Lipinski definition) is 1. The summed E-state index contributed by atoms with van der Waals surface area (Å²) in [6.07, 6.45) is 2.19. The quantitative estimate of drug-likeness (QED) is 0.803. The molecule has 0 spiro atoms. The number of ketones is 1. The lowest BCUT2D eigenvalue weighted by atomic mass is 9.94. The summed E-state index contributed by atoms with van der Waals surface area (Å²) in [7, 11) is 0. The second kappa shape index (κ2) is 5.67. The molecule has 1 rings (SSSR count). The van der Waals surface area contributed by atoms with Crippen LogP contribution in [0.3, 0.4) is 0 Å². The van der Waals surface area contributed by atoms with Gasteiger partial charge in [0.1, 0.15) is 5.75 Å². The summed E-state index contributed by atoms with van der Waals surface area (Å²) in [5.74, 6) is 0.636. The average Bonchev–Trinajstić information content (AvgIpc) is 2.20. The van der Waals surface area contributed by atoms with Gasteiger partial charge >= 0.3 is 0 Å². The molecule has 0 amide bonds. The van der Waals surface area contributed by atoms with Gasteiger partial charge in [0, 0.05) is 6.42 Å². The molecule has 1 atom stereocenters. The monoisotopic (exact) mass is 232 g/mol. The summed E-state index contributed by atoms with van der Waals surface area (Å²) in [6.45, 7) is 7.74. The van der Waals surface area contributed by atoms with Crippen LogP contribution in [0.25, 0.3) is 0 Å². The molecule has 0 aliphatic carbocycles. The van der Waals surface area contributed by atoms with Crippen LogP contribution < -0.4 is 0 Å². The van der Waals surface area contributed by atoms with E-state index in [1.807, 2.05) is 39.8 Å². The summed E-state index contributed by atoms with van der Waals surface area (Å²) in [4.78, 5) is 11.7. The van der Waals surface area contributed by atoms with Crippen molar-refractivity contribution in [3.05, 3.63) is 41.0 Å². The van der Waals surface area contributed by atoms with Crippen molar-refractivity contribution in [2.75, 3.05) is 0 Å². The number of carbonyl (C=O) groups excluding carboxylic acids is 1. The highest BCUT2D eigenvalue weighted by Crippen LogP contribution is 2.25. The Hall–Kier alpha value is -1.57. The van der Waals surface area contributed by atoms with E-state index in [1.54, 1.807) is 12.1 Å². The number of hydrogen-bond acceptors (Lipinski definition) is 2. The van der Waals surface area contributed by atoms with Crippen LogP contribution >= 0.6 is 0 Å². The van der Waals surface area contributed by atoms with E-state index in [-0.39, 0.29) is 11.7 Å². The highest BCUT2D eigenvalue weighted by Gasteiger charge is 2.10. The molecule has 1 N–H and O–H groups in total. The molecule has 17 heavy (non-hydrogen) atoms. The zero-order chi connectivity index (χ0) is 13.0. The number of carbonyl (C=O) groups is 1. The fraction of sp³-hybridized carbons (Fsp3) is 0.400. The van der Waals surface area contributed by atoms with Crippen molar-refractivity contribution >= 4 is 5.78 Å². The normalized spacial score (nSPS) is 12.0. The first-order valence-electron chi connectivity index (χ1n) is 5.87. The number of phenolic OH excluding ortho intramolecular Hbond substituents is 1. The van der Waals surface area contributed by atoms with E-state index in [9.17, 15) is 9.90 Å². The SMILES string of the molecule is CC(C)=CC(=O)CC(C)c1ccc(O)c(C)c1. The Bertz CT molecular complexity index is 440. The smallest absolute Gasteiger partial charge is 0.156 e. The van der Waals surface area contributed by atoms with Crippen molar-refractivity contribution in [3.63, 3.8) is 0 Å². The maximum Gasteiger partial charge on any atom is 0.156 e. The van der Waals surface area contributed by atoms with Gasteiger partial charge in [0.15, 0.2) is 5.78 Å². The Morgan fingerprint density at radius 2 is 2.06 bits per heavy atom. The number of benzene rings is 1. The Morgan fingerprint density at radius 1 is 1.41 bits per heavy atom. The van der Waals surface area contributed by atoms with Crippen LogP contribution in [-0.2, 0) is 4.79 Å². The molecule has 92 valence electrons. The molecule has 1 aromatic carbocycles. The lowest BCUT2D eigenvalue weighted by Crippen LogP contribution is -2.02. The summed E-state index contributed by atoms with van der Waals surface area (Å²) >= 11 is 0. The first kappa shape index (κ1) is 13.5. The van der Waals surface area contributed by atoms with Gasteiger partial charge in [0.25, 0.3) is 0 Å². The molecule has 1 aromatic rings. The Balaban J connectivity index is 2.76. The van der Waals surface area contributed by atoms with Crippen molar-refractivity contribution in [3.8, 4) is 5.75 Å². The third-order valence-corrected chi connectivity index (χ3v) is 2.75. The minimum Gasteiger partial charge on any atom is -0.508 e. The van der Waals surface area contributed by atoms with Crippen LogP contribution in [0.4, 0.5) is 0 Å². The number of aryl methyl sites for hydroxylation is 1. The molecule has 0 fully saturated rings. The van der Waals surface area contributed by atoms with Gasteiger partial charge < -0.3 is 5.11 Å². The van der Waals surface area contributed by atoms with Crippen molar-refractivity contribution in [2.24, 2.45) is 0 Å². The van der Waals surface area contributed by atoms with Crippen LogP contribution in [0.5, 0.6) is 5.75 Å². The van der Waals surface area contributed by atoms with Gasteiger partial charge in [0.2, 0.25) is 0 Å². The van der Waals surface area contributed by atoms with Crippen LogP contribution in [0.1, 0.15) is 44.2 Å². The fourth-order valence-corrected chi connectivity index (χ4v) is 1.79. The number of phenols is 1. The summed E-state index contributed by atoms with van der Waals surface area (Å²) in [5, 5.41) is 9.45. The molecule has 0 heterocycles. The summed E-state index contributed by atoms with van der Waals surface area (Å²) < 4.78 is 0. The predicted octanol–water partition coefficient (Wildman–Crippen LogP) is 3.73. The van der Waals surface area contributed by atoms with Gasteiger partial charge in [-0.15, -0.1) is 0 Å². The lowest BCUT2D eigenvalue weighted by molar-refractivity contribution is -0.114. The second-order valence-electron chi connectivity index (χ2n) is 4.84. The van der Waals surface area contributed by atoms with Gasteiger partial charge in [-0.25, -0.2) is 0 Å². The van der Waals surface area contributed by atoms with Gasteiger partial charge in [-0.2, -0.15) is 0 Å². The van der Waals surface area contributed by atoms with Crippen molar-refractivity contribution in [1.29, 1.82) is 0 Å². The number of rotatable bonds is 4. The minimum absolute atomic E-state index is 0.156. The van der Waals surface area contributed by atoms with E-state index in [4.69, 9.17) is 0 Å². The molecular formula is C15H20O2. The number of allylic oxidation sites excluding steroid dienone is 2. The fourth-order valence-electron chi connectivity index (χ4n) is 1.79. The first-order valence-corrected chi connectivity index (χ1v) is 5.87.